The summed E-state index contributed by atoms with van der Waals surface area (Å²) in [5.41, 5.74) is 2.77. The van der Waals surface area contributed by atoms with Crippen molar-refractivity contribution in [2.24, 2.45) is 5.10 Å². The Bertz CT molecular complexity index is 1080. The Hall–Kier alpha value is -3.04. The molecule has 0 unspecified atom stereocenters. The van der Waals surface area contributed by atoms with E-state index in [9.17, 15) is 18.0 Å². The van der Waals surface area contributed by atoms with Gasteiger partial charge in [0.05, 0.1) is 12.3 Å². The summed E-state index contributed by atoms with van der Waals surface area (Å²) in [6.45, 7) is 4.15. The average molecular weight is 457 g/mol. The van der Waals surface area contributed by atoms with Crippen molar-refractivity contribution in [2.75, 3.05) is 0 Å². The van der Waals surface area contributed by atoms with E-state index in [0.29, 0.717) is 24.2 Å². The molecule has 2 aromatic rings. The number of carbonyl (C=O) groups is 2. The minimum absolute atomic E-state index is 0.0973. The van der Waals surface area contributed by atoms with Crippen molar-refractivity contribution in [1.29, 1.82) is 0 Å². The van der Waals surface area contributed by atoms with Crippen molar-refractivity contribution in [1.82, 2.24) is 15.0 Å². The van der Waals surface area contributed by atoms with Crippen molar-refractivity contribution in [3.05, 3.63) is 71.3 Å². The highest BCUT2D eigenvalue weighted by molar-refractivity contribution is 7.88. The Kier molecular flexibility index (Phi) is 7.76. The van der Waals surface area contributed by atoms with Crippen LogP contribution in [0.5, 0.6) is 0 Å². The quantitative estimate of drug-likeness (QED) is 0.604. The minimum Gasteiger partial charge on any atom is -0.347 e. The Balaban J connectivity index is 1.56. The summed E-state index contributed by atoms with van der Waals surface area (Å²) in [6.07, 6.45) is 0.544. The summed E-state index contributed by atoms with van der Waals surface area (Å²) in [6, 6.07) is 16.4. The highest BCUT2D eigenvalue weighted by Crippen LogP contribution is 2.14. The van der Waals surface area contributed by atoms with E-state index in [2.05, 4.69) is 15.1 Å². The number of nitrogens with one attached hydrogen (secondary N) is 2. The molecule has 32 heavy (non-hydrogen) atoms. The van der Waals surface area contributed by atoms with Gasteiger partial charge in [-0.25, -0.2) is 18.1 Å². The molecule has 0 atom stereocenters. The van der Waals surface area contributed by atoms with Gasteiger partial charge >= 0.3 is 0 Å². The number of amides is 2. The second-order valence-corrected chi connectivity index (χ2v) is 9.77. The van der Waals surface area contributed by atoms with Gasteiger partial charge in [0, 0.05) is 25.4 Å². The number of hydrogen-bond donors (Lipinski definition) is 2. The molecule has 8 nitrogen and oxygen atoms in total. The predicted octanol–water partition coefficient (Wildman–Crippen LogP) is 2.31. The van der Waals surface area contributed by atoms with E-state index in [-0.39, 0.29) is 36.6 Å². The molecule has 2 N–H and O–H groups in total. The van der Waals surface area contributed by atoms with Gasteiger partial charge in [-0.2, -0.15) is 5.10 Å². The molecule has 0 saturated carbocycles. The maximum absolute atomic E-state index is 12.6. The van der Waals surface area contributed by atoms with Crippen LogP contribution in [-0.4, -0.2) is 37.0 Å². The van der Waals surface area contributed by atoms with Crippen LogP contribution < -0.4 is 10.0 Å². The lowest BCUT2D eigenvalue weighted by Gasteiger charge is -2.23. The molecule has 170 valence electrons. The zero-order valence-electron chi connectivity index (χ0n) is 18.2. The van der Waals surface area contributed by atoms with Gasteiger partial charge in [-0.15, -0.1) is 0 Å². The molecule has 2 aromatic carbocycles. The molecule has 1 aliphatic rings. The molecule has 0 aliphatic carbocycles. The van der Waals surface area contributed by atoms with Gasteiger partial charge in [-0.1, -0.05) is 54.6 Å². The molecular weight excluding hydrogens is 428 g/mol. The zero-order chi connectivity index (χ0) is 23.1. The fourth-order valence-electron chi connectivity index (χ4n) is 3.30. The van der Waals surface area contributed by atoms with Crippen molar-refractivity contribution in [3.8, 4) is 0 Å². The van der Waals surface area contributed by atoms with Crippen LogP contribution >= 0.6 is 0 Å². The van der Waals surface area contributed by atoms with E-state index >= 15 is 0 Å². The van der Waals surface area contributed by atoms with E-state index < -0.39 is 10.0 Å². The molecule has 0 fully saturated rings. The normalized spacial score (nSPS) is 14.4. The third-order valence-electron chi connectivity index (χ3n) is 4.79. The molecule has 0 bridgehead atoms. The molecule has 0 radical (unpaired) electrons. The van der Waals surface area contributed by atoms with Crippen LogP contribution in [0, 0.1) is 0 Å². The molecule has 0 aromatic heterocycles. The fourth-order valence-corrected chi connectivity index (χ4v) is 4.74. The summed E-state index contributed by atoms with van der Waals surface area (Å²) in [7, 11) is -3.39. The molecule has 1 aliphatic heterocycles. The highest BCUT2D eigenvalue weighted by Gasteiger charge is 2.24. The molecule has 3 rings (SSSR count). The fraction of sp³-hybridized carbons (Fsp3) is 0.348. The maximum atomic E-state index is 12.6. The first-order valence-corrected chi connectivity index (χ1v) is 12.1. The summed E-state index contributed by atoms with van der Waals surface area (Å²) >= 11 is 0. The summed E-state index contributed by atoms with van der Waals surface area (Å²) in [5, 5.41) is 8.43. The van der Waals surface area contributed by atoms with E-state index in [1.807, 2.05) is 30.3 Å². The lowest BCUT2D eigenvalue weighted by molar-refractivity contribution is -0.132. The molecule has 0 spiro atoms. The zero-order valence-corrected chi connectivity index (χ0v) is 19.1. The van der Waals surface area contributed by atoms with Gasteiger partial charge in [0.25, 0.3) is 5.91 Å². The second-order valence-electron chi connectivity index (χ2n) is 8.01. The van der Waals surface area contributed by atoms with E-state index in [4.69, 9.17) is 0 Å². The van der Waals surface area contributed by atoms with Crippen LogP contribution in [0.2, 0.25) is 0 Å². The van der Waals surface area contributed by atoms with Crippen LogP contribution in [0.1, 0.15) is 43.4 Å². The van der Waals surface area contributed by atoms with Crippen molar-refractivity contribution < 1.29 is 18.0 Å². The number of rotatable bonds is 9. The molecule has 1 heterocycles. The van der Waals surface area contributed by atoms with E-state index in [0.717, 1.165) is 11.1 Å². The van der Waals surface area contributed by atoms with E-state index in [1.165, 1.54) is 5.01 Å². The van der Waals surface area contributed by atoms with Crippen LogP contribution in [-0.2, 0) is 38.5 Å². The first kappa shape index (κ1) is 23.6. The largest absolute Gasteiger partial charge is 0.347 e. The van der Waals surface area contributed by atoms with Gasteiger partial charge in [0.1, 0.15) is 5.71 Å². The van der Waals surface area contributed by atoms with Gasteiger partial charge < -0.3 is 5.32 Å². The highest BCUT2D eigenvalue weighted by atomic mass is 32.2. The van der Waals surface area contributed by atoms with Gasteiger partial charge in [-0.3, -0.25) is 9.59 Å². The second kappa shape index (κ2) is 10.5. The predicted molar refractivity (Wildman–Crippen MR) is 123 cm³/mol. The van der Waals surface area contributed by atoms with Crippen LogP contribution in [0.15, 0.2) is 59.7 Å². The van der Waals surface area contributed by atoms with E-state index in [1.54, 1.807) is 38.1 Å². The number of hydrazone groups is 1. The number of nitrogens with zero attached hydrogens (tertiary/aromatic N) is 2. The molecular formula is C23H28N4O4S. The number of carbonyl (C=O) groups excluding carboxylic acids is 2. The number of hydrogen-bond acceptors (Lipinski definition) is 5. The van der Waals surface area contributed by atoms with Crippen molar-refractivity contribution in [2.45, 2.75) is 51.6 Å². The topological polar surface area (TPSA) is 108 Å². The van der Waals surface area contributed by atoms with Crippen molar-refractivity contribution in [3.63, 3.8) is 0 Å². The summed E-state index contributed by atoms with van der Waals surface area (Å²) in [5.74, 6) is -0.522. The summed E-state index contributed by atoms with van der Waals surface area (Å²) in [4.78, 5) is 24.7. The van der Waals surface area contributed by atoms with Crippen molar-refractivity contribution >= 4 is 27.5 Å². The van der Waals surface area contributed by atoms with Gasteiger partial charge in [0.2, 0.25) is 15.9 Å². The average Bonchev–Trinajstić information content (AvgIpc) is 2.74. The van der Waals surface area contributed by atoms with Gasteiger partial charge in [0.15, 0.2) is 0 Å². The maximum Gasteiger partial charge on any atom is 0.267 e. The Morgan fingerprint density at radius 2 is 1.66 bits per heavy atom. The standard InChI is InChI=1S/C23H28N4O4S/c1-17(2)26-32(30,31)16-20-10-8-18(9-11-20)14-24-23(29)21-12-13-22(28)27(25-21)15-19-6-4-3-5-7-19/h3-11,17,26H,12-16H2,1-2H3,(H,24,29). The SMILES string of the molecule is CC(C)NS(=O)(=O)Cc1ccc(CNC(=O)C2=NN(Cc3ccccc3)C(=O)CC2)cc1. The van der Waals surface area contributed by atoms with Crippen LogP contribution in [0.25, 0.3) is 0 Å². The lowest BCUT2D eigenvalue weighted by Crippen LogP contribution is -2.38. The van der Waals surface area contributed by atoms with Gasteiger partial charge in [-0.05, 0) is 30.5 Å². The number of sulfonamides is 1. The third-order valence-corrected chi connectivity index (χ3v) is 6.33. The van der Waals surface area contributed by atoms with Crippen LogP contribution in [0.4, 0.5) is 0 Å². The smallest absolute Gasteiger partial charge is 0.267 e. The molecule has 9 heteroatoms. The summed E-state index contributed by atoms with van der Waals surface area (Å²) < 4.78 is 26.6. The van der Waals surface area contributed by atoms with Crippen LogP contribution in [0.3, 0.4) is 0 Å². The monoisotopic (exact) mass is 456 g/mol. The number of benzene rings is 2. The minimum atomic E-state index is -3.39. The molecule has 2 amide bonds. The Morgan fingerprint density at radius 3 is 2.31 bits per heavy atom. The first-order valence-electron chi connectivity index (χ1n) is 10.5. The lowest BCUT2D eigenvalue weighted by atomic mass is 10.1. The Labute approximate surface area is 188 Å². The molecule has 0 saturated heterocycles. The Morgan fingerprint density at radius 1 is 1.00 bits per heavy atom. The third kappa shape index (κ3) is 7.00. The first-order chi connectivity index (χ1) is 15.2.